The van der Waals surface area contributed by atoms with Crippen molar-refractivity contribution >= 4 is 21.6 Å². The van der Waals surface area contributed by atoms with Crippen molar-refractivity contribution in [3.05, 3.63) is 11.5 Å². The fraction of sp³-hybridized carbons (Fsp3) is 0.750. The van der Waals surface area contributed by atoms with Gasteiger partial charge in [0.05, 0.1) is 18.5 Å². The van der Waals surface area contributed by atoms with E-state index in [1.807, 2.05) is 13.8 Å². The number of sulfonamides is 1. The molecule has 2 atom stereocenters. The Morgan fingerprint density at radius 2 is 2.05 bits per heavy atom. The first-order valence-electron chi connectivity index (χ1n) is 6.84. The summed E-state index contributed by atoms with van der Waals surface area (Å²) in [7, 11) is -2.03. The maximum atomic E-state index is 12.1. The number of halogens is 1. The number of aryl methyl sites for hydroxylation is 1. The van der Waals surface area contributed by atoms with Gasteiger partial charge in [0.2, 0.25) is 5.03 Å². The Bertz CT molecular complexity index is 579. The highest BCUT2D eigenvalue weighted by Gasteiger charge is 2.24. The van der Waals surface area contributed by atoms with Crippen molar-refractivity contribution in [2.75, 3.05) is 26.2 Å². The van der Waals surface area contributed by atoms with Crippen molar-refractivity contribution in [2.45, 2.75) is 31.1 Å². The van der Waals surface area contributed by atoms with E-state index in [9.17, 15) is 8.42 Å². The van der Waals surface area contributed by atoms with Gasteiger partial charge in [0.15, 0.2) is 0 Å². The number of nitrogens with zero attached hydrogens (tertiary/aromatic N) is 3. The molecule has 0 radical (unpaired) electrons. The van der Waals surface area contributed by atoms with E-state index in [-0.39, 0.29) is 22.4 Å². The predicted octanol–water partition coefficient (Wildman–Crippen LogP) is 0.461. The van der Waals surface area contributed by atoms with Crippen LogP contribution >= 0.6 is 11.6 Å². The third kappa shape index (κ3) is 4.17. The van der Waals surface area contributed by atoms with Crippen molar-refractivity contribution in [1.82, 2.24) is 19.2 Å². The van der Waals surface area contributed by atoms with Crippen molar-refractivity contribution in [1.29, 1.82) is 0 Å². The van der Waals surface area contributed by atoms with Crippen LogP contribution in [0, 0.1) is 0 Å². The van der Waals surface area contributed by atoms with Crippen LogP contribution in [0.5, 0.6) is 0 Å². The van der Waals surface area contributed by atoms with E-state index in [1.54, 1.807) is 7.05 Å². The molecular formula is C12H21ClN4O3S. The molecule has 2 rings (SSSR count). The summed E-state index contributed by atoms with van der Waals surface area (Å²) in [6.07, 6.45) is 1.70. The van der Waals surface area contributed by atoms with Crippen LogP contribution in [0.15, 0.2) is 11.4 Å². The van der Waals surface area contributed by atoms with E-state index >= 15 is 0 Å². The first-order valence-corrected chi connectivity index (χ1v) is 8.70. The second kappa shape index (κ2) is 6.62. The fourth-order valence-corrected chi connectivity index (χ4v) is 3.89. The normalized spacial score (nSPS) is 24.4. The molecule has 2 heterocycles. The molecule has 0 unspecified atom stereocenters. The lowest BCUT2D eigenvalue weighted by Gasteiger charge is -2.35. The molecule has 120 valence electrons. The van der Waals surface area contributed by atoms with Gasteiger partial charge in [-0.25, -0.2) is 18.1 Å². The zero-order valence-corrected chi connectivity index (χ0v) is 14.0. The minimum Gasteiger partial charge on any atom is -0.373 e. The van der Waals surface area contributed by atoms with E-state index in [2.05, 4.69) is 14.6 Å². The summed E-state index contributed by atoms with van der Waals surface area (Å²) in [4.78, 5) is 6.01. The van der Waals surface area contributed by atoms with Crippen molar-refractivity contribution in [3.8, 4) is 0 Å². The van der Waals surface area contributed by atoms with Gasteiger partial charge in [-0.2, -0.15) is 0 Å². The molecule has 0 spiro atoms. The molecule has 1 fully saturated rings. The summed E-state index contributed by atoms with van der Waals surface area (Å²) in [6.45, 7) is 6.57. The molecule has 1 saturated heterocycles. The number of imidazole rings is 1. The average molecular weight is 337 g/mol. The van der Waals surface area contributed by atoms with E-state index in [4.69, 9.17) is 16.3 Å². The van der Waals surface area contributed by atoms with Gasteiger partial charge in [0.25, 0.3) is 10.0 Å². The maximum absolute atomic E-state index is 12.1. The molecule has 9 heteroatoms. The summed E-state index contributed by atoms with van der Waals surface area (Å²) >= 11 is 5.91. The Morgan fingerprint density at radius 3 is 2.57 bits per heavy atom. The van der Waals surface area contributed by atoms with Crippen molar-refractivity contribution in [2.24, 2.45) is 7.05 Å². The van der Waals surface area contributed by atoms with Crippen LogP contribution in [0.1, 0.15) is 13.8 Å². The van der Waals surface area contributed by atoms with Crippen molar-refractivity contribution in [3.63, 3.8) is 0 Å². The molecule has 0 aromatic carbocycles. The Morgan fingerprint density at radius 1 is 1.43 bits per heavy atom. The zero-order chi connectivity index (χ0) is 15.6. The fourth-order valence-electron chi connectivity index (χ4n) is 2.45. The lowest BCUT2D eigenvalue weighted by molar-refractivity contribution is -0.0671. The van der Waals surface area contributed by atoms with Crippen LogP contribution in [0.3, 0.4) is 0 Å². The predicted molar refractivity (Wildman–Crippen MR) is 79.9 cm³/mol. The number of nitrogens with one attached hydrogen (secondary N) is 1. The molecule has 21 heavy (non-hydrogen) atoms. The van der Waals surface area contributed by atoms with Crippen LogP contribution in [0.25, 0.3) is 0 Å². The maximum Gasteiger partial charge on any atom is 0.261 e. The number of morpholine rings is 1. The molecule has 0 bridgehead atoms. The summed E-state index contributed by atoms with van der Waals surface area (Å²) in [5.41, 5.74) is 0. The number of ether oxygens (including phenoxy) is 1. The summed E-state index contributed by atoms with van der Waals surface area (Å²) in [6, 6.07) is 0. The number of hydrogen-bond donors (Lipinski definition) is 1. The molecule has 7 nitrogen and oxygen atoms in total. The molecule has 0 saturated carbocycles. The average Bonchev–Trinajstić information content (AvgIpc) is 2.69. The summed E-state index contributed by atoms with van der Waals surface area (Å²) < 4.78 is 33.9. The zero-order valence-electron chi connectivity index (χ0n) is 12.4. The lowest BCUT2D eigenvalue weighted by atomic mass is 10.2. The largest absolute Gasteiger partial charge is 0.373 e. The molecule has 1 aliphatic rings. The first kappa shape index (κ1) is 16.7. The minimum atomic E-state index is -3.67. The minimum absolute atomic E-state index is 0.108. The number of rotatable bonds is 5. The highest BCUT2D eigenvalue weighted by Crippen LogP contribution is 2.18. The molecule has 1 aromatic heterocycles. The summed E-state index contributed by atoms with van der Waals surface area (Å²) in [5.74, 6) is 0. The number of hydrogen-bond acceptors (Lipinski definition) is 5. The van der Waals surface area contributed by atoms with Gasteiger partial charge >= 0.3 is 0 Å². The standard InChI is InChI=1S/C12H21ClN4O3S/c1-9-6-17(7-10(2)20-9)5-4-15-21(18,19)12-11(13)16(3)8-14-12/h8-10,15H,4-7H2,1-3H3/t9-,10+. The van der Waals surface area contributed by atoms with Gasteiger partial charge in [-0.15, -0.1) is 0 Å². The van der Waals surface area contributed by atoms with Gasteiger partial charge < -0.3 is 9.30 Å². The SMILES string of the molecule is C[C@@H]1CN(CCNS(=O)(=O)c2ncn(C)c2Cl)C[C@H](C)O1. The van der Waals surface area contributed by atoms with Crippen LogP contribution < -0.4 is 4.72 Å². The van der Waals surface area contributed by atoms with Crippen LogP contribution in [-0.4, -0.2) is 61.3 Å². The highest BCUT2D eigenvalue weighted by molar-refractivity contribution is 7.89. The Balaban J connectivity index is 1.89. The van der Waals surface area contributed by atoms with Crippen LogP contribution in [-0.2, 0) is 21.8 Å². The second-order valence-electron chi connectivity index (χ2n) is 5.37. The first-order chi connectivity index (χ1) is 9.79. The van der Waals surface area contributed by atoms with Gasteiger partial charge in [-0.1, -0.05) is 11.6 Å². The van der Waals surface area contributed by atoms with Gasteiger partial charge in [-0.05, 0) is 13.8 Å². The second-order valence-corrected chi connectivity index (χ2v) is 7.41. The quantitative estimate of drug-likeness (QED) is 0.845. The molecule has 0 aliphatic carbocycles. The molecule has 1 aliphatic heterocycles. The third-order valence-corrected chi connectivity index (χ3v) is 5.25. The van der Waals surface area contributed by atoms with E-state index in [0.29, 0.717) is 13.1 Å². The smallest absolute Gasteiger partial charge is 0.261 e. The monoisotopic (exact) mass is 336 g/mol. The van der Waals surface area contributed by atoms with Crippen LogP contribution in [0.4, 0.5) is 0 Å². The molecule has 0 amide bonds. The van der Waals surface area contributed by atoms with Gasteiger partial charge in [0, 0.05) is 33.2 Å². The highest BCUT2D eigenvalue weighted by atomic mass is 35.5. The Kier molecular flexibility index (Phi) is 5.26. The third-order valence-electron chi connectivity index (χ3n) is 3.30. The Hall–Kier alpha value is -0.670. The molecule has 1 N–H and O–H groups in total. The lowest BCUT2D eigenvalue weighted by Crippen LogP contribution is -2.47. The summed E-state index contributed by atoms with van der Waals surface area (Å²) in [5, 5.41) is -0.0218. The topological polar surface area (TPSA) is 76.5 Å². The number of aromatic nitrogens is 2. The van der Waals surface area contributed by atoms with E-state index in [1.165, 1.54) is 10.9 Å². The van der Waals surface area contributed by atoms with E-state index < -0.39 is 10.0 Å². The van der Waals surface area contributed by atoms with Gasteiger partial charge in [-0.3, -0.25) is 4.90 Å². The Labute approximate surface area is 130 Å². The molecular weight excluding hydrogens is 316 g/mol. The van der Waals surface area contributed by atoms with Gasteiger partial charge in [0.1, 0.15) is 5.15 Å². The molecule has 1 aromatic rings. The van der Waals surface area contributed by atoms with Crippen molar-refractivity contribution < 1.29 is 13.2 Å². The van der Waals surface area contributed by atoms with E-state index in [0.717, 1.165) is 13.1 Å². The van der Waals surface area contributed by atoms with Crippen LogP contribution in [0.2, 0.25) is 5.15 Å².